The van der Waals surface area contributed by atoms with Gasteiger partial charge in [0.25, 0.3) is 5.91 Å². The van der Waals surface area contributed by atoms with Crippen molar-refractivity contribution in [3.8, 4) is 0 Å². The molecule has 9 nitrogen and oxygen atoms in total. The molecule has 0 radical (unpaired) electrons. The lowest BCUT2D eigenvalue weighted by atomic mass is 10.1. The van der Waals surface area contributed by atoms with Crippen molar-refractivity contribution >= 4 is 33.8 Å². The number of halogens is 3. The molecule has 1 aromatic heterocycles. The van der Waals surface area contributed by atoms with Gasteiger partial charge < -0.3 is 21.1 Å². The van der Waals surface area contributed by atoms with Crippen molar-refractivity contribution < 1.29 is 22.7 Å². The molecule has 6 N–H and O–H groups in total. The van der Waals surface area contributed by atoms with Gasteiger partial charge in [0, 0.05) is 37.1 Å². The van der Waals surface area contributed by atoms with E-state index in [1.165, 1.54) is 35.7 Å². The summed E-state index contributed by atoms with van der Waals surface area (Å²) in [5.41, 5.74) is 8.45. The first-order valence-corrected chi connectivity index (χ1v) is 13.7. The van der Waals surface area contributed by atoms with Crippen molar-refractivity contribution in [3.63, 3.8) is 0 Å². The first-order chi connectivity index (χ1) is 19.4. The largest absolute Gasteiger partial charge is 0.494 e. The molecular weight excluding hydrogens is 555 g/mol. The highest BCUT2D eigenvalue weighted by Gasteiger charge is 2.27. The topological polar surface area (TPSA) is 122 Å². The highest BCUT2D eigenvalue weighted by molar-refractivity contribution is 7.16. The van der Waals surface area contributed by atoms with Crippen molar-refractivity contribution in [3.05, 3.63) is 82.4 Å². The second-order valence-electron chi connectivity index (χ2n) is 9.41. The molecule has 2 heterocycles. The molecule has 0 saturated carbocycles. The van der Waals surface area contributed by atoms with Crippen LogP contribution in [0.1, 0.15) is 40.1 Å². The molecule has 0 spiro atoms. The Labute approximate surface area is 242 Å². The van der Waals surface area contributed by atoms with Crippen LogP contribution in [0.4, 0.5) is 24.0 Å². The van der Waals surface area contributed by atoms with E-state index in [4.69, 9.17) is 16.3 Å². The van der Waals surface area contributed by atoms with Crippen LogP contribution >= 0.6 is 11.3 Å². The minimum absolute atomic E-state index is 0.0923. The summed E-state index contributed by atoms with van der Waals surface area (Å²) in [6.45, 7) is 7.80. The van der Waals surface area contributed by atoms with E-state index < -0.39 is 18.5 Å². The average Bonchev–Trinajstić information content (AvgIpc) is 3.63. The first-order valence-electron chi connectivity index (χ1n) is 12.9. The van der Waals surface area contributed by atoms with Gasteiger partial charge in [0.1, 0.15) is 5.76 Å². The number of aryl methyl sites for hydroxylation is 1. The number of methoxy groups -OCH3 is 1. The predicted molar refractivity (Wildman–Crippen MR) is 158 cm³/mol. The molecule has 3 rings (SSSR count). The fourth-order valence-electron chi connectivity index (χ4n) is 4.27. The minimum Gasteiger partial charge on any atom is -0.494 e. The van der Waals surface area contributed by atoms with Gasteiger partial charge in [-0.25, -0.2) is 10.8 Å². The van der Waals surface area contributed by atoms with Crippen LogP contribution in [0.5, 0.6) is 0 Å². The fraction of sp³-hybridized carbons (Fsp3) is 0.357. The summed E-state index contributed by atoms with van der Waals surface area (Å²) in [5.74, 6) is 5.77. The third kappa shape index (κ3) is 8.84. The zero-order valence-electron chi connectivity index (χ0n) is 23.3. The van der Waals surface area contributed by atoms with Crippen LogP contribution in [0.15, 0.2) is 66.4 Å². The Kier molecular flexibility index (Phi) is 11.0. The molecule has 1 amide bonds. The van der Waals surface area contributed by atoms with E-state index in [-0.39, 0.29) is 17.0 Å². The van der Waals surface area contributed by atoms with Gasteiger partial charge in [-0.3, -0.25) is 14.7 Å². The van der Waals surface area contributed by atoms with E-state index in [0.29, 0.717) is 33.5 Å². The molecule has 1 aromatic carbocycles. The summed E-state index contributed by atoms with van der Waals surface area (Å²) in [6, 6.07) is 4.79. The summed E-state index contributed by atoms with van der Waals surface area (Å²) in [6.07, 6.45) is 1.92. The zero-order chi connectivity index (χ0) is 30.2. The second kappa shape index (κ2) is 14.2. The molecule has 1 aliphatic rings. The first kappa shape index (κ1) is 31.7. The van der Waals surface area contributed by atoms with Crippen molar-refractivity contribution in [1.82, 2.24) is 15.2 Å². The Balaban J connectivity index is 1.91. The maximum absolute atomic E-state index is 13.4. The number of alkyl halides is 3. The second-order valence-corrected chi connectivity index (χ2v) is 10.4. The number of aromatic nitrogens is 1. The number of nitrogens with one attached hydrogen (secondary N) is 2. The molecule has 1 fully saturated rings. The van der Waals surface area contributed by atoms with E-state index in [0.717, 1.165) is 37.6 Å². The van der Waals surface area contributed by atoms with Gasteiger partial charge in [-0.15, -0.1) is 0 Å². The number of carbonyl (C=O) groups is 1. The van der Waals surface area contributed by atoms with E-state index in [9.17, 15) is 18.0 Å². The van der Waals surface area contributed by atoms with E-state index in [1.54, 1.807) is 31.5 Å². The number of benzene rings is 1. The van der Waals surface area contributed by atoms with Crippen LogP contribution in [0.25, 0.3) is 5.70 Å². The number of allylic oxidation sites excluding steroid dienone is 1. The number of carbonyl (C=O) groups excluding carboxylic acids is 1. The Morgan fingerprint density at radius 2 is 2.02 bits per heavy atom. The third-order valence-corrected chi connectivity index (χ3v) is 7.46. The van der Waals surface area contributed by atoms with Gasteiger partial charge in [0.15, 0.2) is 5.13 Å². The van der Waals surface area contributed by atoms with E-state index >= 15 is 0 Å². The SMILES string of the molecule is C=C/C(CN1CCCC1)=C(OC)\C(=C/CC(F)(F)F)NC(=O)c1ccc(C)c(N(N)/C=C(\N)c2cnc(NC)s2)c1. The molecule has 0 unspecified atom stereocenters. The molecule has 0 aliphatic carbocycles. The number of rotatable bonds is 12. The van der Waals surface area contributed by atoms with Crippen LogP contribution < -0.4 is 27.2 Å². The quantitative estimate of drug-likeness (QED) is 0.119. The normalized spacial score (nSPS) is 15.4. The third-order valence-electron chi connectivity index (χ3n) is 6.40. The maximum atomic E-state index is 13.4. The van der Waals surface area contributed by atoms with E-state index in [2.05, 4.69) is 27.1 Å². The lowest BCUT2D eigenvalue weighted by molar-refractivity contribution is -0.125. The summed E-state index contributed by atoms with van der Waals surface area (Å²) in [4.78, 5) is 20.4. The van der Waals surface area contributed by atoms with Crippen LogP contribution in [-0.2, 0) is 4.74 Å². The average molecular weight is 592 g/mol. The molecule has 1 aliphatic heterocycles. The van der Waals surface area contributed by atoms with E-state index in [1.807, 2.05) is 6.92 Å². The number of likely N-dealkylation sites (tertiary alicyclic amines) is 1. The van der Waals surface area contributed by atoms with Gasteiger partial charge in [-0.05, 0) is 56.6 Å². The van der Waals surface area contributed by atoms with Crippen molar-refractivity contribution in [2.24, 2.45) is 11.6 Å². The standard InChI is InChI=1S/C28H36F3N7O2S/c1-5-19(16-37-12-6-7-13-37)25(40-4)22(10-11-28(29,30)31)36-26(39)20-9-8-18(2)23(14-20)38(33)17-21(32)24-15-35-27(34-3)41-24/h5,8-10,14-15,17H,1,6-7,11-13,16,32-33H2,2-4H3,(H,34,35)(H,36,39)/b21-17-,22-10+,25-19-. The molecule has 1 saturated heterocycles. The number of hydrazine groups is 1. The Morgan fingerprint density at radius 3 is 2.61 bits per heavy atom. The van der Waals surface area contributed by atoms with Crippen LogP contribution in [0.2, 0.25) is 0 Å². The monoisotopic (exact) mass is 591 g/mol. The number of hydrogen-bond donors (Lipinski definition) is 4. The van der Waals surface area contributed by atoms with Crippen LogP contribution in [-0.4, -0.2) is 55.8 Å². The van der Waals surface area contributed by atoms with Gasteiger partial charge in [-0.2, -0.15) is 13.2 Å². The number of nitrogens with zero attached hydrogens (tertiary/aromatic N) is 3. The Bertz CT molecular complexity index is 1330. The number of anilines is 2. The Hall–Kier alpha value is -3.81. The molecule has 41 heavy (non-hydrogen) atoms. The highest BCUT2D eigenvalue weighted by atomic mass is 32.1. The van der Waals surface area contributed by atoms with Crippen molar-refractivity contribution in [2.45, 2.75) is 32.4 Å². The van der Waals surface area contributed by atoms with Crippen LogP contribution in [0.3, 0.4) is 0 Å². The smallest absolute Gasteiger partial charge is 0.392 e. The molecule has 222 valence electrons. The predicted octanol–water partition coefficient (Wildman–Crippen LogP) is 4.88. The molecule has 13 heteroatoms. The number of nitrogens with two attached hydrogens (primary N) is 2. The zero-order valence-corrected chi connectivity index (χ0v) is 24.2. The highest BCUT2D eigenvalue weighted by Crippen LogP contribution is 2.27. The van der Waals surface area contributed by atoms with Gasteiger partial charge in [0.2, 0.25) is 0 Å². The molecule has 0 bridgehead atoms. The van der Waals surface area contributed by atoms with Crippen molar-refractivity contribution in [2.75, 3.05) is 44.1 Å². The summed E-state index contributed by atoms with van der Waals surface area (Å²) >= 11 is 1.35. The lowest BCUT2D eigenvalue weighted by Gasteiger charge is -2.21. The van der Waals surface area contributed by atoms with Gasteiger partial charge >= 0.3 is 6.18 Å². The molecule has 2 aromatic rings. The van der Waals surface area contributed by atoms with Gasteiger partial charge in [0.05, 0.1) is 35.5 Å². The number of ether oxygens (including phenoxy) is 1. The minimum atomic E-state index is -4.48. The Morgan fingerprint density at radius 1 is 1.32 bits per heavy atom. The number of amides is 1. The summed E-state index contributed by atoms with van der Waals surface area (Å²) in [5, 5.41) is 7.53. The molecular formula is C28H36F3N7O2S. The van der Waals surface area contributed by atoms with Crippen molar-refractivity contribution in [1.29, 1.82) is 0 Å². The summed E-state index contributed by atoms with van der Waals surface area (Å²) in [7, 11) is 3.10. The maximum Gasteiger partial charge on any atom is 0.392 e. The number of thiazole rings is 1. The summed E-state index contributed by atoms with van der Waals surface area (Å²) < 4.78 is 45.1. The van der Waals surface area contributed by atoms with Crippen LogP contribution in [0, 0.1) is 6.92 Å². The van der Waals surface area contributed by atoms with Gasteiger partial charge in [-0.1, -0.05) is 30.1 Å². The lowest BCUT2D eigenvalue weighted by Crippen LogP contribution is -2.29. The fourth-order valence-corrected chi connectivity index (χ4v) is 4.96. The molecule has 0 atom stereocenters. The number of hydrogen-bond acceptors (Lipinski definition) is 9.